The van der Waals surface area contributed by atoms with E-state index in [0.29, 0.717) is 12.1 Å². The smallest absolute Gasteiger partial charge is 0.191 e. The van der Waals surface area contributed by atoms with Crippen molar-refractivity contribution in [3.63, 3.8) is 0 Å². The Kier molecular flexibility index (Phi) is 10.6. The number of likely N-dealkylation sites (tertiary alicyclic amines) is 1. The summed E-state index contributed by atoms with van der Waals surface area (Å²) in [6.45, 7) is 8.22. The third-order valence-electron chi connectivity index (χ3n) is 3.24. The normalized spacial score (nSPS) is 20.5. The van der Waals surface area contributed by atoms with Gasteiger partial charge < -0.3 is 15.4 Å². The molecule has 0 amide bonds. The molecule has 1 atom stereocenters. The molecule has 1 rings (SSSR count). The number of hydrogen-bond acceptors (Lipinski definition) is 3. The number of nitrogens with one attached hydrogen (secondary N) is 2. The summed E-state index contributed by atoms with van der Waals surface area (Å²) < 4.78 is 5.15. The van der Waals surface area contributed by atoms with E-state index in [9.17, 15) is 0 Å². The first-order valence-corrected chi connectivity index (χ1v) is 6.87. The number of aliphatic imine (C=N–C) groups is 1. The fourth-order valence-electron chi connectivity index (χ4n) is 2.31. The van der Waals surface area contributed by atoms with Gasteiger partial charge in [0.15, 0.2) is 5.96 Å². The van der Waals surface area contributed by atoms with Crippen LogP contribution in [0.4, 0.5) is 0 Å². The topological polar surface area (TPSA) is 48.9 Å². The quantitative estimate of drug-likeness (QED) is 0.412. The fraction of sp³-hybridized carbons (Fsp3) is 0.923. The summed E-state index contributed by atoms with van der Waals surface area (Å²) >= 11 is 0. The largest absolute Gasteiger partial charge is 0.383 e. The molecule has 1 saturated heterocycles. The van der Waals surface area contributed by atoms with Crippen LogP contribution in [0, 0.1) is 0 Å². The molecule has 6 heteroatoms. The molecule has 1 aliphatic heterocycles. The Hall–Kier alpha value is -0.0800. The average Bonchev–Trinajstić information content (AvgIpc) is 2.78. The lowest BCUT2D eigenvalue weighted by Gasteiger charge is -2.25. The molecule has 0 saturated carbocycles. The van der Waals surface area contributed by atoms with E-state index >= 15 is 0 Å². The van der Waals surface area contributed by atoms with Crippen molar-refractivity contribution in [2.24, 2.45) is 4.99 Å². The van der Waals surface area contributed by atoms with Crippen LogP contribution >= 0.6 is 24.0 Å². The standard InChI is InChI=1S/C13H28N4O.HI/c1-11(2)16-13(14-3)15-10-12-6-5-7-17(12)8-9-18-4;/h11-12H,5-10H2,1-4H3,(H2,14,15,16);1H. The molecule has 2 N–H and O–H groups in total. The minimum absolute atomic E-state index is 0. The summed E-state index contributed by atoms with van der Waals surface area (Å²) in [4.78, 5) is 6.73. The van der Waals surface area contributed by atoms with Gasteiger partial charge in [0.25, 0.3) is 0 Å². The van der Waals surface area contributed by atoms with Crippen LogP contribution in [-0.4, -0.2) is 63.3 Å². The Morgan fingerprint density at radius 2 is 2.21 bits per heavy atom. The molecule has 0 radical (unpaired) electrons. The van der Waals surface area contributed by atoms with E-state index in [2.05, 4.69) is 34.4 Å². The predicted molar refractivity (Wildman–Crippen MR) is 91.5 cm³/mol. The summed E-state index contributed by atoms with van der Waals surface area (Å²) in [5, 5.41) is 6.71. The molecule has 1 unspecified atom stereocenters. The molecule has 5 nitrogen and oxygen atoms in total. The van der Waals surface area contributed by atoms with Gasteiger partial charge in [-0.2, -0.15) is 0 Å². The molecule has 114 valence electrons. The van der Waals surface area contributed by atoms with E-state index < -0.39 is 0 Å². The maximum absolute atomic E-state index is 5.15. The van der Waals surface area contributed by atoms with Crippen LogP contribution in [0.1, 0.15) is 26.7 Å². The molecule has 1 heterocycles. The highest BCUT2D eigenvalue weighted by atomic mass is 127. The summed E-state index contributed by atoms with van der Waals surface area (Å²) in [6, 6.07) is 1.01. The van der Waals surface area contributed by atoms with Gasteiger partial charge in [-0.05, 0) is 33.2 Å². The Labute approximate surface area is 134 Å². The zero-order valence-corrected chi connectivity index (χ0v) is 14.9. The zero-order valence-electron chi connectivity index (χ0n) is 12.6. The van der Waals surface area contributed by atoms with Gasteiger partial charge in [0.2, 0.25) is 0 Å². The molecule has 0 aliphatic carbocycles. The second-order valence-electron chi connectivity index (χ2n) is 5.08. The van der Waals surface area contributed by atoms with Gasteiger partial charge in [-0.25, -0.2) is 0 Å². The number of methoxy groups -OCH3 is 1. The van der Waals surface area contributed by atoms with E-state index in [1.807, 2.05) is 7.05 Å². The summed E-state index contributed by atoms with van der Waals surface area (Å²) in [7, 11) is 3.58. The molecule has 1 fully saturated rings. The Bertz CT molecular complexity index is 261. The first-order valence-electron chi connectivity index (χ1n) is 6.87. The predicted octanol–water partition coefficient (Wildman–Crippen LogP) is 1.29. The van der Waals surface area contributed by atoms with Crippen LogP contribution in [0.2, 0.25) is 0 Å². The molecule has 1 aliphatic rings. The van der Waals surface area contributed by atoms with Crippen molar-refractivity contribution >= 4 is 29.9 Å². The Morgan fingerprint density at radius 1 is 1.47 bits per heavy atom. The Morgan fingerprint density at radius 3 is 2.79 bits per heavy atom. The van der Waals surface area contributed by atoms with Crippen LogP contribution in [0.25, 0.3) is 0 Å². The lowest BCUT2D eigenvalue weighted by Crippen LogP contribution is -2.47. The van der Waals surface area contributed by atoms with Crippen LogP contribution < -0.4 is 10.6 Å². The lowest BCUT2D eigenvalue weighted by molar-refractivity contribution is 0.141. The highest BCUT2D eigenvalue weighted by Gasteiger charge is 2.23. The van der Waals surface area contributed by atoms with Crippen molar-refractivity contribution in [1.82, 2.24) is 15.5 Å². The number of hydrogen-bond donors (Lipinski definition) is 2. The number of guanidine groups is 1. The molecule has 19 heavy (non-hydrogen) atoms. The van der Waals surface area contributed by atoms with Crippen molar-refractivity contribution in [3.8, 4) is 0 Å². The van der Waals surface area contributed by atoms with Crippen LogP contribution in [0.15, 0.2) is 4.99 Å². The second-order valence-corrected chi connectivity index (χ2v) is 5.08. The van der Waals surface area contributed by atoms with E-state index in [-0.39, 0.29) is 24.0 Å². The van der Waals surface area contributed by atoms with Gasteiger partial charge in [-0.1, -0.05) is 0 Å². The minimum atomic E-state index is 0. The summed E-state index contributed by atoms with van der Waals surface area (Å²) in [6.07, 6.45) is 2.54. The average molecular weight is 384 g/mol. The molecule has 0 bridgehead atoms. The van der Waals surface area contributed by atoms with Crippen molar-refractivity contribution < 1.29 is 4.74 Å². The van der Waals surface area contributed by atoms with Crippen molar-refractivity contribution in [1.29, 1.82) is 0 Å². The SMILES string of the molecule is CN=C(NCC1CCCN1CCOC)NC(C)C.I. The first-order chi connectivity index (χ1) is 8.67. The van der Waals surface area contributed by atoms with Crippen LogP contribution in [0.5, 0.6) is 0 Å². The van der Waals surface area contributed by atoms with Crippen LogP contribution in [0.3, 0.4) is 0 Å². The number of ether oxygens (including phenoxy) is 1. The van der Waals surface area contributed by atoms with Crippen molar-refractivity contribution in [2.75, 3.05) is 40.4 Å². The van der Waals surface area contributed by atoms with Crippen LogP contribution in [-0.2, 0) is 4.74 Å². The van der Waals surface area contributed by atoms with E-state index in [1.54, 1.807) is 7.11 Å². The second kappa shape index (κ2) is 10.7. The van der Waals surface area contributed by atoms with Crippen molar-refractivity contribution in [2.45, 2.75) is 38.8 Å². The van der Waals surface area contributed by atoms with Gasteiger partial charge in [-0.15, -0.1) is 24.0 Å². The minimum Gasteiger partial charge on any atom is -0.383 e. The van der Waals surface area contributed by atoms with E-state index in [4.69, 9.17) is 4.74 Å². The molecule has 0 spiro atoms. The summed E-state index contributed by atoms with van der Waals surface area (Å²) in [5.74, 6) is 0.892. The van der Waals surface area contributed by atoms with Gasteiger partial charge >= 0.3 is 0 Å². The van der Waals surface area contributed by atoms with E-state index in [1.165, 1.54) is 19.4 Å². The Balaban J connectivity index is 0.00000324. The zero-order chi connectivity index (χ0) is 13.4. The number of halogens is 1. The monoisotopic (exact) mass is 384 g/mol. The molecular formula is C13H29IN4O. The van der Waals surface area contributed by atoms with Crippen molar-refractivity contribution in [3.05, 3.63) is 0 Å². The molecule has 0 aromatic heterocycles. The number of nitrogens with zero attached hydrogens (tertiary/aromatic N) is 2. The molecule has 0 aromatic rings. The fourth-order valence-corrected chi connectivity index (χ4v) is 2.31. The maximum Gasteiger partial charge on any atom is 0.191 e. The molecule has 0 aromatic carbocycles. The third-order valence-corrected chi connectivity index (χ3v) is 3.24. The van der Waals surface area contributed by atoms with Gasteiger partial charge in [0, 0.05) is 39.3 Å². The highest BCUT2D eigenvalue weighted by molar-refractivity contribution is 14.0. The van der Waals surface area contributed by atoms with Gasteiger partial charge in [0.1, 0.15) is 0 Å². The lowest BCUT2D eigenvalue weighted by atomic mass is 10.2. The number of rotatable bonds is 6. The van der Waals surface area contributed by atoms with Gasteiger partial charge in [-0.3, -0.25) is 9.89 Å². The molecular weight excluding hydrogens is 355 g/mol. The summed E-state index contributed by atoms with van der Waals surface area (Å²) in [5.41, 5.74) is 0. The van der Waals surface area contributed by atoms with Gasteiger partial charge in [0.05, 0.1) is 6.61 Å². The van der Waals surface area contributed by atoms with E-state index in [0.717, 1.165) is 25.7 Å². The third kappa shape index (κ3) is 7.31. The maximum atomic E-state index is 5.15. The highest BCUT2D eigenvalue weighted by Crippen LogP contribution is 2.15. The first kappa shape index (κ1) is 18.9.